The molecule has 0 unspecified atom stereocenters. The molecule has 5 nitrogen and oxygen atoms in total. The molecule has 0 spiro atoms. The highest BCUT2D eigenvalue weighted by atomic mass is 127. The summed E-state index contributed by atoms with van der Waals surface area (Å²) >= 11 is 0. The fraction of sp³-hybridized carbons (Fsp3) is 0.360. The standard InChI is InChI=1S/C25H33N5.HI/c1-5-26-25(27-17-16-23-19(2)29-30(4)20(23)3)28-18-24(21-12-8-6-9-13-21)22-14-10-7-11-15-22;/h6-15,24H,5,16-18H2,1-4H3,(H2,26,27,28);1H. The van der Waals surface area contributed by atoms with Crippen LogP contribution in [0, 0.1) is 13.8 Å². The molecule has 0 bridgehead atoms. The van der Waals surface area contributed by atoms with Gasteiger partial charge >= 0.3 is 0 Å². The highest BCUT2D eigenvalue weighted by molar-refractivity contribution is 14.0. The maximum absolute atomic E-state index is 4.92. The molecule has 0 aliphatic carbocycles. The summed E-state index contributed by atoms with van der Waals surface area (Å²) in [5, 5.41) is 11.4. The molecule has 0 saturated heterocycles. The van der Waals surface area contributed by atoms with Crippen molar-refractivity contribution < 1.29 is 0 Å². The van der Waals surface area contributed by atoms with Crippen LogP contribution in [0.5, 0.6) is 0 Å². The number of hydrogen-bond acceptors (Lipinski definition) is 2. The fourth-order valence-electron chi connectivity index (χ4n) is 3.78. The Morgan fingerprint density at radius 1 is 0.968 bits per heavy atom. The zero-order valence-electron chi connectivity index (χ0n) is 18.9. The number of hydrogen-bond donors (Lipinski definition) is 2. The van der Waals surface area contributed by atoms with Crippen LogP contribution in [0.3, 0.4) is 0 Å². The lowest BCUT2D eigenvalue weighted by Crippen LogP contribution is -2.38. The number of nitrogens with one attached hydrogen (secondary N) is 2. The Labute approximate surface area is 203 Å². The first-order valence-corrected chi connectivity index (χ1v) is 10.7. The number of guanidine groups is 1. The highest BCUT2D eigenvalue weighted by Crippen LogP contribution is 2.24. The number of nitrogens with zero attached hydrogens (tertiary/aromatic N) is 3. The minimum Gasteiger partial charge on any atom is -0.357 e. The molecule has 2 aromatic carbocycles. The maximum Gasteiger partial charge on any atom is 0.191 e. The van der Waals surface area contributed by atoms with Crippen molar-refractivity contribution in [2.45, 2.75) is 33.1 Å². The number of aryl methyl sites for hydroxylation is 2. The third-order valence-electron chi connectivity index (χ3n) is 5.51. The van der Waals surface area contributed by atoms with E-state index in [1.54, 1.807) is 0 Å². The van der Waals surface area contributed by atoms with Crippen molar-refractivity contribution in [1.82, 2.24) is 20.4 Å². The van der Waals surface area contributed by atoms with E-state index in [-0.39, 0.29) is 29.9 Å². The second kappa shape index (κ2) is 12.5. The summed E-state index contributed by atoms with van der Waals surface area (Å²) in [5.41, 5.74) is 6.21. The predicted molar refractivity (Wildman–Crippen MR) is 141 cm³/mol. The molecule has 1 aromatic heterocycles. The van der Waals surface area contributed by atoms with E-state index in [2.05, 4.69) is 97.2 Å². The van der Waals surface area contributed by atoms with Gasteiger partial charge in [-0.3, -0.25) is 9.67 Å². The normalized spacial score (nSPS) is 11.3. The molecule has 6 heteroatoms. The summed E-state index contributed by atoms with van der Waals surface area (Å²) in [6.07, 6.45) is 0.927. The van der Waals surface area contributed by atoms with Crippen molar-refractivity contribution in [3.8, 4) is 0 Å². The first kappa shape index (κ1) is 24.9. The van der Waals surface area contributed by atoms with Gasteiger partial charge in [0.15, 0.2) is 5.96 Å². The van der Waals surface area contributed by atoms with Crippen molar-refractivity contribution in [3.63, 3.8) is 0 Å². The number of aliphatic imine (C=N–C) groups is 1. The second-order valence-corrected chi connectivity index (χ2v) is 7.54. The highest BCUT2D eigenvalue weighted by Gasteiger charge is 2.14. The molecule has 0 fully saturated rings. The van der Waals surface area contributed by atoms with Crippen LogP contribution < -0.4 is 10.6 Å². The first-order chi connectivity index (χ1) is 14.6. The minimum atomic E-state index is 0. The van der Waals surface area contributed by atoms with E-state index in [1.165, 1.54) is 22.4 Å². The van der Waals surface area contributed by atoms with Gasteiger partial charge in [0, 0.05) is 31.7 Å². The van der Waals surface area contributed by atoms with Gasteiger partial charge in [0.1, 0.15) is 0 Å². The molecular weight excluding hydrogens is 497 g/mol. The molecule has 3 rings (SSSR count). The average Bonchev–Trinajstić information content (AvgIpc) is 3.01. The predicted octanol–water partition coefficient (Wildman–Crippen LogP) is 4.58. The van der Waals surface area contributed by atoms with Gasteiger partial charge in [0.25, 0.3) is 0 Å². The summed E-state index contributed by atoms with van der Waals surface area (Å²) in [6, 6.07) is 21.2. The van der Waals surface area contributed by atoms with E-state index in [9.17, 15) is 0 Å². The van der Waals surface area contributed by atoms with Gasteiger partial charge in [-0.15, -0.1) is 24.0 Å². The van der Waals surface area contributed by atoms with E-state index < -0.39 is 0 Å². The molecule has 0 atom stereocenters. The Kier molecular flexibility index (Phi) is 10.0. The lowest BCUT2D eigenvalue weighted by molar-refractivity contribution is 0.728. The Bertz CT molecular complexity index is 911. The number of benzene rings is 2. The Balaban J connectivity index is 0.00000341. The van der Waals surface area contributed by atoms with Crippen LogP contribution in [0.25, 0.3) is 0 Å². The van der Waals surface area contributed by atoms with E-state index in [0.717, 1.165) is 31.2 Å². The summed E-state index contributed by atoms with van der Waals surface area (Å²) in [7, 11) is 2.00. The number of rotatable bonds is 8. The van der Waals surface area contributed by atoms with Crippen LogP contribution in [0.2, 0.25) is 0 Å². The third kappa shape index (κ3) is 6.82. The van der Waals surface area contributed by atoms with E-state index >= 15 is 0 Å². The van der Waals surface area contributed by atoms with Crippen molar-refractivity contribution in [2.24, 2.45) is 12.0 Å². The molecule has 0 saturated carbocycles. The largest absolute Gasteiger partial charge is 0.357 e. The fourth-order valence-corrected chi connectivity index (χ4v) is 3.78. The number of aromatic nitrogens is 2. The van der Waals surface area contributed by atoms with Gasteiger partial charge in [0.2, 0.25) is 0 Å². The van der Waals surface area contributed by atoms with Gasteiger partial charge in [-0.2, -0.15) is 5.10 Å². The van der Waals surface area contributed by atoms with E-state index in [1.807, 2.05) is 11.7 Å². The lowest BCUT2D eigenvalue weighted by atomic mass is 9.91. The van der Waals surface area contributed by atoms with Crippen LogP contribution in [0.15, 0.2) is 65.7 Å². The third-order valence-corrected chi connectivity index (χ3v) is 5.51. The molecule has 166 valence electrons. The molecule has 0 radical (unpaired) electrons. The minimum absolute atomic E-state index is 0. The van der Waals surface area contributed by atoms with Gasteiger partial charge in [0.05, 0.1) is 12.2 Å². The first-order valence-electron chi connectivity index (χ1n) is 10.7. The topological polar surface area (TPSA) is 54.2 Å². The molecule has 0 aliphatic rings. The monoisotopic (exact) mass is 531 g/mol. The SMILES string of the molecule is CCNC(=NCC(c1ccccc1)c1ccccc1)NCCc1c(C)nn(C)c1C.I. The van der Waals surface area contributed by atoms with Crippen LogP contribution >= 0.6 is 24.0 Å². The Hall–Kier alpha value is -2.35. The average molecular weight is 531 g/mol. The lowest BCUT2D eigenvalue weighted by Gasteiger charge is -2.18. The molecule has 0 aliphatic heterocycles. The summed E-state index contributed by atoms with van der Waals surface area (Å²) in [6.45, 7) is 8.64. The van der Waals surface area contributed by atoms with Crippen molar-refractivity contribution >= 4 is 29.9 Å². The zero-order valence-corrected chi connectivity index (χ0v) is 21.3. The van der Waals surface area contributed by atoms with E-state index in [0.29, 0.717) is 6.54 Å². The Morgan fingerprint density at radius 3 is 2.03 bits per heavy atom. The van der Waals surface area contributed by atoms with Crippen molar-refractivity contribution in [1.29, 1.82) is 0 Å². The summed E-state index contributed by atoms with van der Waals surface area (Å²) in [5.74, 6) is 1.08. The quantitative estimate of drug-likeness (QED) is 0.254. The maximum atomic E-state index is 4.92. The molecule has 2 N–H and O–H groups in total. The number of halogens is 1. The van der Waals surface area contributed by atoms with Gasteiger partial charge in [-0.05, 0) is 43.9 Å². The molecular formula is C25H34IN5. The van der Waals surface area contributed by atoms with E-state index in [4.69, 9.17) is 4.99 Å². The van der Waals surface area contributed by atoms with Crippen LogP contribution in [0.4, 0.5) is 0 Å². The van der Waals surface area contributed by atoms with Crippen LogP contribution in [-0.2, 0) is 13.5 Å². The van der Waals surface area contributed by atoms with Crippen molar-refractivity contribution in [3.05, 3.63) is 88.7 Å². The van der Waals surface area contributed by atoms with Gasteiger partial charge < -0.3 is 10.6 Å². The Morgan fingerprint density at radius 2 is 1.55 bits per heavy atom. The van der Waals surface area contributed by atoms with Gasteiger partial charge in [-0.1, -0.05) is 60.7 Å². The summed E-state index contributed by atoms with van der Waals surface area (Å²) in [4.78, 5) is 4.92. The van der Waals surface area contributed by atoms with Crippen molar-refractivity contribution in [2.75, 3.05) is 19.6 Å². The zero-order chi connectivity index (χ0) is 21.3. The second-order valence-electron chi connectivity index (χ2n) is 7.54. The molecule has 1 heterocycles. The van der Waals surface area contributed by atoms with Crippen LogP contribution in [0.1, 0.15) is 40.9 Å². The van der Waals surface area contributed by atoms with Crippen LogP contribution in [-0.4, -0.2) is 35.4 Å². The molecule has 31 heavy (non-hydrogen) atoms. The smallest absolute Gasteiger partial charge is 0.191 e. The molecule has 3 aromatic rings. The summed E-state index contributed by atoms with van der Waals surface area (Å²) < 4.78 is 1.95. The van der Waals surface area contributed by atoms with Gasteiger partial charge in [-0.25, -0.2) is 0 Å². The molecule has 0 amide bonds.